The lowest BCUT2D eigenvalue weighted by atomic mass is 9.96. The number of aliphatic hydroxyl groups excluding tert-OH is 5. The lowest BCUT2D eigenvalue weighted by Crippen LogP contribution is -2.63. The van der Waals surface area contributed by atoms with Gasteiger partial charge in [-0.25, -0.2) is 14.8 Å². The van der Waals surface area contributed by atoms with E-state index in [2.05, 4.69) is 110 Å². The summed E-state index contributed by atoms with van der Waals surface area (Å²) < 4.78 is 0. The second-order valence-electron chi connectivity index (χ2n) is 33.1. The van der Waals surface area contributed by atoms with Gasteiger partial charge in [0.05, 0.1) is 45.2 Å². The molecule has 3 heterocycles. The third-order valence-electron chi connectivity index (χ3n) is 21.5. The number of benzene rings is 1. The van der Waals surface area contributed by atoms with E-state index in [0.717, 1.165) is 13.8 Å². The number of aliphatic carboxylic acids is 2. The molecule has 0 unspecified atom stereocenters. The molecule has 132 heavy (non-hydrogen) atoms. The van der Waals surface area contributed by atoms with E-state index in [-0.39, 0.29) is 87.7 Å². The average molecular weight is 1870 g/mol. The third kappa shape index (κ3) is 37.2. The molecule has 0 radical (unpaired) electrons. The van der Waals surface area contributed by atoms with Crippen molar-refractivity contribution in [3.8, 4) is 0 Å². The van der Waals surface area contributed by atoms with Crippen LogP contribution in [0.15, 0.2) is 55.5 Å². The summed E-state index contributed by atoms with van der Waals surface area (Å²) in [6.45, 7) is 11.8. The summed E-state index contributed by atoms with van der Waals surface area (Å²) >= 11 is 0. The van der Waals surface area contributed by atoms with E-state index >= 15 is 19.2 Å². The Morgan fingerprint density at radius 2 is 0.803 bits per heavy atom. The maximum atomic E-state index is 15.2. The van der Waals surface area contributed by atoms with Gasteiger partial charge < -0.3 is 153 Å². The van der Waals surface area contributed by atoms with Gasteiger partial charge in [0.1, 0.15) is 96.7 Å². The molecule has 33 N–H and O–H groups in total. The van der Waals surface area contributed by atoms with Gasteiger partial charge in [-0.2, -0.15) is 0 Å². The highest BCUT2D eigenvalue weighted by molar-refractivity contribution is 6.02. The Labute approximate surface area is 761 Å². The molecule has 1 aromatic carbocycles. The molecule has 4 aromatic rings. The molecule has 0 spiro atoms. The number of carboxylic acid groups (broad SMARTS) is 2. The predicted molar refractivity (Wildman–Crippen MR) is 474 cm³/mol. The number of nitrogens with two attached hydrogens (primary N) is 3. The number of imidazole rings is 2. The number of H-pyrrole nitrogens is 3. The van der Waals surface area contributed by atoms with Crippen molar-refractivity contribution >= 4 is 117 Å². The number of carboxylic acids is 2. The molecule has 0 bridgehead atoms. The number of aromatic amines is 3. The van der Waals surface area contributed by atoms with Gasteiger partial charge in [-0.3, -0.25) is 82.1 Å². The zero-order valence-electron chi connectivity index (χ0n) is 75.7. The molecule has 0 fully saturated rings. The Balaban J connectivity index is 1.67. The second-order valence-corrected chi connectivity index (χ2v) is 33.1. The fraction of sp³-hybridized carbons (Fsp3) is 0.614. The zero-order chi connectivity index (χ0) is 98.8. The molecule has 0 saturated carbocycles. The first kappa shape index (κ1) is 111. The second kappa shape index (κ2) is 56.7. The van der Waals surface area contributed by atoms with Crippen LogP contribution in [0.3, 0.4) is 0 Å². The number of nitrogens with one attached hydrogen (secondary N) is 20. The van der Waals surface area contributed by atoms with Crippen LogP contribution in [0.5, 0.6) is 0 Å². The number of amides is 15. The molecule has 0 aliphatic carbocycles. The molecule has 734 valence electrons. The first-order valence-corrected chi connectivity index (χ1v) is 43.6. The van der Waals surface area contributed by atoms with E-state index in [9.17, 15) is 98.1 Å². The standard InChI is InChI=1S/C83H133N25O24/c1-11-42(7)64(106-71(120)53(21-17-25-90-83(86)87)95-74(123)57(29-47-32-88-38-92-47)101-81(130)66(45(10)113)108-80(129)65(43(8)12-2)107-70(119)52(20-15-16-24-84)96-77(126)62(37-112)104-68(117)50(85)34-109)79(128)100-58(30-48-33-89-39-93-48)75(124)99-56(28-46-31-91-51-19-14-13-18-49(46)51)73(122)97-54(22-23-63(114)115)69(118)105-60(35-110)76(125)94-44(9)67(116)103-61(36-111)78(127)98-55(26-40(3)4)72(121)102-59(82(131)132)27-41(5)6/h13-14,18-19,31-33,38-45,50,52-62,64-66,91,109-113H,11-12,15-17,20-30,34-37,84-85H2,1-10H3,(H,88,92)(H,89,93)(H,94,125)(H,95,123)(H,96,126)(H,97,122)(H,98,127)(H,99,124)(H,100,128)(H,101,130)(H,102,121)(H,103,116)(H,104,117)(H,105,118)(H,106,120)(H,107,119)(H,108,129)(H,114,115)(H,131,132)(H4,86,87,90)/t42-,43-,44-,45+,50-,52-,53-,54-,55-,56-,57-,58-,59-,60-,61-,62-,64-,65-,66-/m0/s1. The SMILES string of the molecule is CC[C@H](C)[C@H](NC(=O)[C@H](CCCNC(=N)N)NC(=O)[C@H](Cc1cnc[nH]1)NC(=O)[C@@H](NC(=O)[C@@H](NC(=O)[C@H](CCCCN)NC(=O)[C@H](CO)NC(=O)[C@@H](N)CO)[C@@H](C)CC)[C@@H](C)O)C(=O)N[C@@H](Cc1cnc[nH]1)C(=O)N[C@@H](Cc1c[nH]c2ccccc12)C(=O)N[C@@H](CCC(=O)O)C(=O)N[C@@H](CO)C(=O)N[C@@H](C)C(=O)N[C@@H](CO)C(=O)N[C@@H](CC(C)C)C(=O)N[C@@H](CC(C)C)C(=O)O. The maximum Gasteiger partial charge on any atom is 0.326 e. The van der Waals surface area contributed by atoms with Crippen molar-refractivity contribution in [1.82, 2.24) is 110 Å². The molecule has 4 rings (SSSR count). The van der Waals surface area contributed by atoms with Gasteiger partial charge in [-0.05, 0) is 107 Å². The Morgan fingerprint density at radius 3 is 1.25 bits per heavy atom. The number of hydrogen-bond donors (Lipinski definition) is 30. The number of unbranched alkanes of at least 4 members (excludes halogenated alkanes) is 1. The van der Waals surface area contributed by atoms with Crippen molar-refractivity contribution in [2.45, 2.75) is 262 Å². The van der Waals surface area contributed by atoms with Crippen molar-refractivity contribution in [3.05, 3.63) is 72.5 Å². The number of carbonyl (C=O) groups is 17. The van der Waals surface area contributed by atoms with Crippen molar-refractivity contribution in [3.63, 3.8) is 0 Å². The van der Waals surface area contributed by atoms with Gasteiger partial charge in [-0.1, -0.05) is 86.4 Å². The topological polar surface area (TPSA) is 799 Å². The van der Waals surface area contributed by atoms with E-state index in [1.165, 1.54) is 31.2 Å². The number of aliphatic hydroxyl groups is 5. The predicted octanol–water partition coefficient (Wildman–Crippen LogP) is -7.86. The molecule has 0 saturated heterocycles. The molecule has 0 aliphatic heterocycles. The van der Waals surface area contributed by atoms with Crippen LogP contribution in [0.1, 0.15) is 157 Å². The minimum atomic E-state index is -1.95. The number of rotatable bonds is 61. The maximum absolute atomic E-state index is 15.2. The Morgan fingerprint density at radius 1 is 0.424 bits per heavy atom. The number of hydrogen-bond acceptors (Lipinski definition) is 27. The van der Waals surface area contributed by atoms with Crippen molar-refractivity contribution in [2.75, 3.05) is 39.5 Å². The minimum Gasteiger partial charge on any atom is -0.481 e. The van der Waals surface area contributed by atoms with Gasteiger partial charge >= 0.3 is 11.9 Å². The van der Waals surface area contributed by atoms with E-state index in [0.29, 0.717) is 22.9 Å². The van der Waals surface area contributed by atoms with E-state index in [1.807, 2.05) is 0 Å². The van der Waals surface area contributed by atoms with E-state index < -0.39 is 280 Å². The van der Waals surface area contributed by atoms with Gasteiger partial charge in [0.15, 0.2) is 5.96 Å². The summed E-state index contributed by atoms with van der Waals surface area (Å²) in [6.07, 6.45) is 2.94. The van der Waals surface area contributed by atoms with Crippen LogP contribution >= 0.6 is 0 Å². The molecule has 3 aromatic heterocycles. The summed E-state index contributed by atoms with van der Waals surface area (Å²) in [5, 5.41) is 119. The van der Waals surface area contributed by atoms with Crippen LogP contribution in [0.4, 0.5) is 0 Å². The van der Waals surface area contributed by atoms with Crippen LogP contribution in [0.2, 0.25) is 0 Å². The average Bonchev–Trinajstić information content (AvgIpc) is 1.66. The van der Waals surface area contributed by atoms with E-state index in [4.69, 9.17) is 22.6 Å². The number of para-hydroxylation sites is 1. The van der Waals surface area contributed by atoms with Crippen molar-refractivity contribution in [1.29, 1.82) is 5.41 Å². The van der Waals surface area contributed by atoms with Crippen LogP contribution in [0, 0.1) is 29.1 Å². The minimum absolute atomic E-state index is 0.000375. The fourth-order valence-corrected chi connectivity index (χ4v) is 13.5. The number of aromatic nitrogens is 5. The quantitative estimate of drug-likeness (QED) is 0.0111. The highest BCUT2D eigenvalue weighted by Crippen LogP contribution is 2.22. The van der Waals surface area contributed by atoms with Crippen molar-refractivity contribution < 1.29 is 117 Å². The highest BCUT2D eigenvalue weighted by atomic mass is 16.4. The zero-order valence-corrected chi connectivity index (χ0v) is 75.7. The molecular weight excluding hydrogens is 1730 g/mol. The van der Waals surface area contributed by atoms with Gasteiger partial charge in [0.25, 0.3) is 0 Å². The normalized spacial score (nSPS) is 15.7. The fourth-order valence-electron chi connectivity index (χ4n) is 13.5. The summed E-state index contributed by atoms with van der Waals surface area (Å²) in [7, 11) is 0. The number of nitrogens with zero attached hydrogens (tertiary/aromatic N) is 2. The highest BCUT2D eigenvalue weighted by Gasteiger charge is 2.41. The summed E-state index contributed by atoms with van der Waals surface area (Å²) in [5.41, 5.74) is 18.3. The van der Waals surface area contributed by atoms with E-state index in [1.54, 1.807) is 79.7 Å². The Hall–Kier alpha value is -12.8. The van der Waals surface area contributed by atoms with Gasteiger partial charge in [0, 0.05) is 73.1 Å². The summed E-state index contributed by atoms with van der Waals surface area (Å²) in [5.74, 6) is -21.2. The lowest BCUT2D eigenvalue weighted by molar-refractivity contribution is -0.143. The van der Waals surface area contributed by atoms with Gasteiger partial charge in [0.2, 0.25) is 88.6 Å². The monoisotopic (exact) mass is 1860 g/mol. The first-order chi connectivity index (χ1) is 62.4. The third-order valence-corrected chi connectivity index (χ3v) is 21.5. The molecular formula is C83H133N25O24. The summed E-state index contributed by atoms with van der Waals surface area (Å²) in [4.78, 5) is 254. The molecule has 19 atom stereocenters. The lowest BCUT2D eigenvalue weighted by Gasteiger charge is -2.31. The molecule has 15 amide bonds. The van der Waals surface area contributed by atoms with Crippen LogP contribution < -0.4 is 102 Å². The Bertz CT molecular complexity index is 4480. The van der Waals surface area contributed by atoms with Crippen LogP contribution in [-0.4, -0.2) is 309 Å². The smallest absolute Gasteiger partial charge is 0.326 e. The van der Waals surface area contributed by atoms with Crippen molar-refractivity contribution in [2.24, 2.45) is 40.9 Å². The van der Waals surface area contributed by atoms with Crippen LogP contribution in [0.25, 0.3) is 10.9 Å². The van der Waals surface area contributed by atoms with Gasteiger partial charge in [-0.15, -0.1) is 0 Å². The largest absolute Gasteiger partial charge is 0.481 e. The molecule has 49 nitrogen and oxygen atoms in total. The Kier molecular flexibility index (Phi) is 47.9. The number of guanidine groups is 1. The molecule has 49 heteroatoms. The first-order valence-electron chi connectivity index (χ1n) is 43.6. The molecule has 0 aliphatic rings. The summed E-state index contributed by atoms with van der Waals surface area (Å²) in [6, 6.07) is -19.4. The number of fused-ring (bicyclic) bond motifs is 1. The number of carbonyl (C=O) groups excluding carboxylic acids is 15. The van der Waals surface area contributed by atoms with Crippen LogP contribution in [-0.2, 0) is 101 Å².